The molecule has 32 heavy (non-hydrogen) atoms. The minimum absolute atomic E-state index is 0.00396. The Hall–Kier alpha value is -2.36. The fourth-order valence-corrected chi connectivity index (χ4v) is 5.58. The lowest BCUT2D eigenvalue weighted by atomic mass is 9.61. The van der Waals surface area contributed by atoms with Gasteiger partial charge < -0.3 is 19.4 Å². The van der Waals surface area contributed by atoms with Crippen molar-refractivity contribution in [2.75, 3.05) is 31.3 Å². The maximum Gasteiger partial charge on any atom is 0.410 e. The summed E-state index contributed by atoms with van der Waals surface area (Å²) in [5.74, 6) is 1.37. The molecule has 2 aliphatic heterocycles. The van der Waals surface area contributed by atoms with Crippen LogP contribution in [0.1, 0.15) is 52.0 Å². The van der Waals surface area contributed by atoms with Crippen LogP contribution in [0.25, 0.3) is 0 Å². The molecule has 2 fully saturated rings. The molecule has 3 heterocycles. The minimum Gasteiger partial charge on any atom is -0.444 e. The number of rotatable bonds is 2. The standard InChI is InChI=1S/C22H33N5O4S/c1-15-25(5)18-16(12-23-19(24-18)32(6,29)30)13-27(15)17-8-11-26(14-22(17)9-7-10-22)20(28)31-21(2,3)4/h12,17H,1,7-11,13-14H2,2-6H3. The highest BCUT2D eigenvalue weighted by Gasteiger charge is 2.52. The van der Waals surface area contributed by atoms with Crippen molar-refractivity contribution in [2.45, 2.75) is 69.8 Å². The SMILES string of the molecule is C=C1N(C)c2nc(S(C)(=O)=O)ncc2CN1C1CCN(C(=O)OC(C)(C)C)CC12CCC2. The summed E-state index contributed by atoms with van der Waals surface area (Å²) in [6.07, 6.45) is 6.55. The number of hydrogen-bond donors (Lipinski definition) is 0. The predicted molar refractivity (Wildman–Crippen MR) is 121 cm³/mol. The van der Waals surface area contributed by atoms with E-state index in [-0.39, 0.29) is 22.7 Å². The molecule has 4 rings (SSSR count). The number of sulfone groups is 1. The fraction of sp³-hybridized carbons (Fsp3) is 0.682. The lowest BCUT2D eigenvalue weighted by Crippen LogP contribution is -2.63. The van der Waals surface area contributed by atoms with Crippen molar-refractivity contribution < 1.29 is 17.9 Å². The number of amides is 1. The van der Waals surface area contributed by atoms with Gasteiger partial charge in [-0.1, -0.05) is 13.0 Å². The molecule has 9 nitrogen and oxygen atoms in total. The van der Waals surface area contributed by atoms with Gasteiger partial charge in [0.1, 0.15) is 17.2 Å². The molecule has 1 spiro atoms. The van der Waals surface area contributed by atoms with E-state index in [4.69, 9.17) is 4.74 Å². The van der Waals surface area contributed by atoms with Crippen molar-refractivity contribution in [1.82, 2.24) is 19.8 Å². The van der Waals surface area contributed by atoms with E-state index < -0.39 is 15.4 Å². The van der Waals surface area contributed by atoms with Gasteiger partial charge >= 0.3 is 6.09 Å². The molecular formula is C22H33N5O4S. The topological polar surface area (TPSA) is 95.9 Å². The molecule has 1 atom stereocenters. The van der Waals surface area contributed by atoms with Crippen molar-refractivity contribution in [3.05, 3.63) is 24.2 Å². The Morgan fingerprint density at radius 2 is 2.00 bits per heavy atom. The minimum atomic E-state index is -3.49. The largest absolute Gasteiger partial charge is 0.444 e. The van der Waals surface area contributed by atoms with Crippen molar-refractivity contribution in [3.8, 4) is 0 Å². The molecule has 1 saturated carbocycles. The zero-order chi connectivity index (χ0) is 23.5. The van der Waals surface area contributed by atoms with Gasteiger partial charge in [0.15, 0.2) is 0 Å². The van der Waals surface area contributed by atoms with E-state index in [1.54, 1.807) is 6.20 Å². The number of carbonyl (C=O) groups excluding carboxylic acids is 1. The van der Waals surface area contributed by atoms with E-state index >= 15 is 0 Å². The van der Waals surface area contributed by atoms with Gasteiger partial charge in [-0.05, 0) is 40.0 Å². The average Bonchev–Trinajstić information content (AvgIpc) is 2.66. The quantitative estimate of drug-likeness (QED) is 0.618. The van der Waals surface area contributed by atoms with E-state index in [9.17, 15) is 13.2 Å². The van der Waals surface area contributed by atoms with Crippen LogP contribution in [0.15, 0.2) is 23.8 Å². The van der Waals surface area contributed by atoms with Crippen LogP contribution in [0, 0.1) is 5.41 Å². The summed E-state index contributed by atoms with van der Waals surface area (Å²) in [6.45, 7) is 11.8. The third-order valence-electron chi connectivity index (χ3n) is 6.79. The first-order chi connectivity index (χ1) is 14.8. The van der Waals surface area contributed by atoms with Crippen LogP contribution in [0.4, 0.5) is 10.6 Å². The maximum absolute atomic E-state index is 12.7. The van der Waals surface area contributed by atoms with Gasteiger partial charge in [0, 0.05) is 56.2 Å². The van der Waals surface area contributed by atoms with Crippen molar-refractivity contribution in [1.29, 1.82) is 0 Å². The zero-order valence-corrected chi connectivity index (χ0v) is 20.4. The van der Waals surface area contributed by atoms with Gasteiger partial charge in [-0.25, -0.2) is 23.2 Å². The Morgan fingerprint density at radius 1 is 1.31 bits per heavy atom. The molecule has 3 aliphatic rings. The van der Waals surface area contributed by atoms with Gasteiger partial charge in [0.25, 0.3) is 0 Å². The first kappa shape index (κ1) is 22.8. The summed E-state index contributed by atoms with van der Waals surface area (Å²) in [5, 5.41) is -0.175. The molecule has 1 aromatic rings. The molecule has 1 aromatic heterocycles. The van der Waals surface area contributed by atoms with Gasteiger partial charge in [-0.15, -0.1) is 0 Å². The average molecular weight is 464 g/mol. The van der Waals surface area contributed by atoms with Crippen LogP contribution in [0.3, 0.4) is 0 Å². The van der Waals surface area contributed by atoms with Crippen LogP contribution in [0.5, 0.6) is 0 Å². The first-order valence-corrected chi connectivity index (χ1v) is 12.9. The molecule has 0 bridgehead atoms. The molecule has 1 aliphatic carbocycles. The third kappa shape index (κ3) is 4.04. The molecule has 0 radical (unpaired) electrons. The van der Waals surface area contributed by atoms with Crippen molar-refractivity contribution in [2.24, 2.45) is 5.41 Å². The van der Waals surface area contributed by atoms with Crippen LogP contribution in [0.2, 0.25) is 0 Å². The van der Waals surface area contributed by atoms with Crippen molar-refractivity contribution >= 4 is 21.7 Å². The molecule has 0 aromatic carbocycles. The molecule has 1 unspecified atom stereocenters. The van der Waals surface area contributed by atoms with Crippen LogP contribution >= 0.6 is 0 Å². The summed E-state index contributed by atoms with van der Waals surface area (Å²) in [7, 11) is -1.64. The summed E-state index contributed by atoms with van der Waals surface area (Å²) in [4.78, 5) is 27.1. The summed E-state index contributed by atoms with van der Waals surface area (Å²) in [5.41, 5.74) is 0.361. The molecule has 1 amide bonds. The van der Waals surface area contributed by atoms with E-state index in [1.165, 1.54) is 0 Å². The Kier molecular flexibility index (Phi) is 5.42. The Morgan fingerprint density at radius 3 is 2.56 bits per heavy atom. The van der Waals surface area contributed by atoms with E-state index in [2.05, 4.69) is 21.4 Å². The smallest absolute Gasteiger partial charge is 0.410 e. The number of likely N-dealkylation sites (tertiary alicyclic amines) is 1. The zero-order valence-electron chi connectivity index (χ0n) is 19.6. The number of anilines is 1. The normalized spacial score (nSPS) is 23.1. The summed E-state index contributed by atoms with van der Waals surface area (Å²) < 4.78 is 29.4. The monoisotopic (exact) mass is 463 g/mol. The van der Waals surface area contributed by atoms with E-state index in [0.29, 0.717) is 25.5 Å². The maximum atomic E-state index is 12.7. The molecule has 10 heteroatoms. The number of ether oxygens (including phenoxy) is 1. The first-order valence-electron chi connectivity index (χ1n) is 11.0. The highest BCUT2D eigenvalue weighted by molar-refractivity contribution is 7.90. The molecular weight excluding hydrogens is 430 g/mol. The van der Waals surface area contributed by atoms with Crippen LogP contribution in [-0.4, -0.2) is 72.3 Å². The van der Waals surface area contributed by atoms with Gasteiger partial charge in [-0.2, -0.15) is 0 Å². The number of fused-ring (bicyclic) bond motifs is 1. The van der Waals surface area contributed by atoms with E-state index in [1.807, 2.05) is 37.6 Å². The number of hydrogen-bond acceptors (Lipinski definition) is 8. The second-order valence-corrected chi connectivity index (χ2v) is 12.2. The molecule has 0 N–H and O–H groups in total. The highest BCUT2D eigenvalue weighted by Crippen LogP contribution is 2.51. The van der Waals surface area contributed by atoms with Crippen LogP contribution < -0.4 is 4.90 Å². The lowest BCUT2D eigenvalue weighted by Gasteiger charge is -2.58. The lowest BCUT2D eigenvalue weighted by molar-refractivity contribution is -0.0640. The molecule has 1 saturated heterocycles. The van der Waals surface area contributed by atoms with Gasteiger partial charge in [-0.3, -0.25) is 0 Å². The van der Waals surface area contributed by atoms with E-state index in [0.717, 1.165) is 43.3 Å². The summed E-state index contributed by atoms with van der Waals surface area (Å²) >= 11 is 0. The second kappa shape index (κ2) is 7.60. The Bertz CT molecular complexity index is 1040. The Labute approximate surface area is 190 Å². The third-order valence-corrected chi connectivity index (χ3v) is 7.65. The second-order valence-electron chi connectivity index (χ2n) is 10.3. The number of piperidine rings is 1. The van der Waals surface area contributed by atoms with Gasteiger partial charge in [0.05, 0.1) is 0 Å². The number of nitrogens with zero attached hydrogens (tertiary/aromatic N) is 5. The predicted octanol–water partition coefficient (Wildman–Crippen LogP) is 2.78. The molecule has 176 valence electrons. The number of aromatic nitrogens is 2. The summed E-state index contributed by atoms with van der Waals surface area (Å²) in [6, 6.07) is 0.229. The van der Waals surface area contributed by atoms with Crippen molar-refractivity contribution in [3.63, 3.8) is 0 Å². The van der Waals surface area contributed by atoms with Gasteiger partial charge in [0.2, 0.25) is 15.0 Å². The number of carbonyl (C=O) groups is 1. The highest BCUT2D eigenvalue weighted by atomic mass is 32.2. The van der Waals surface area contributed by atoms with Crippen LogP contribution in [-0.2, 0) is 21.1 Å². The Balaban J connectivity index is 1.58. The fourth-order valence-electron chi connectivity index (χ4n) is 5.08.